The van der Waals surface area contributed by atoms with Gasteiger partial charge in [-0.05, 0) is 11.6 Å². The maximum absolute atomic E-state index is 13.2. The summed E-state index contributed by atoms with van der Waals surface area (Å²) in [5.74, 6) is -0.368. The molecule has 0 unspecified atom stereocenters. The first-order chi connectivity index (χ1) is 8.09. The third kappa shape index (κ3) is 2.36. The number of aromatic nitrogens is 2. The highest BCUT2D eigenvalue weighted by Crippen LogP contribution is 2.20. The second kappa shape index (κ2) is 4.67. The minimum atomic E-state index is -0.517. The third-order valence-corrected chi connectivity index (χ3v) is 2.88. The van der Waals surface area contributed by atoms with Crippen molar-refractivity contribution in [2.24, 2.45) is 7.05 Å². The van der Waals surface area contributed by atoms with Gasteiger partial charge >= 0.3 is 0 Å². The third-order valence-electron chi connectivity index (χ3n) is 2.45. The molecule has 3 nitrogen and oxygen atoms in total. The fourth-order valence-electron chi connectivity index (χ4n) is 1.57. The summed E-state index contributed by atoms with van der Waals surface area (Å²) in [6.45, 7) is 0. The van der Waals surface area contributed by atoms with Crippen molar-refractivity contribution in [3.8, 4) is 0 Å². The number of benzene rings is 1. The lowest BCUT2D eigenvalue weighted by atomic mass is 10.1. The van der Waals surface area contributed by atoms with E-state index >= 15 is 0 Å². The quantitative estimate of drug-likeness (QED) is 0.787. The van der Waals surface area contributed by atoms with Crippen molar-refractivity contribution >= 4 is 17.4 Å². The molecule has 0 bridgehead atoms. The molecule has 1 heterocycles. The first kappa shape index (κ1) is 11.8. The summed E-state index contributed by atoms with van der Waals surface area (Å²) >= 11 is 5.78. The monoisotopic (exact) mass is 252 g/mol. The van der Waals surface area contributed by atoms with Gasteiger partial charge in [0.05, 0.1) is 5.02 Å². The lowest BCUT2D eigenvalue weighted by Gasteiger charge is -2.04. The standard InChI is InChI=1S/C12H10ClFN2O/c1-16-6-5-15-12(16)10(17)7-8-3-2-4-9(14)11(8)13/h2-6H,7H2,1H3. The summed E-state index contributed by atoms with van der Waals surface area (Å²) in [6.07, 6.45) is 3.27. The zero-order valence-corrected chi connectivity index (χ0v) is 9.91. The number of imidazole rings is 1. The van der Waals surface area contributed by atoms with E-state index in [4.69, 9.17) is 11.6 Å². The molecule has 88 valence electrons. The fourth-order valence-corrected chi connectivity index (χ4v) is 1.76. The van der Waals surface area contributed by atoms with Gasteiger partial charge in [-0.15, -0.1) is 0 Å². The molecule has 0 saturated carbocycles. The Morgan fingerprint density at radius 2 is 2.29 bits per heavy atom. The SMILES string of the molecule is Cn1ccnc1C(=O)Cc1cccc(F)c1Cl. The average Bonchev–Trinajstić information content (AvgIpc) is 2.71. The molecule has 0 aliphatic heterocycles. The van der Waals surface area contributed by atoms with Crippen LogP contribution < -0.4 is 0 Å². The highest BCUT2D eigenvalue weighted by molar-refractivity contribution is 6.31. The van der Waals surface area contributed by atoms with Crippen molar-refractivity contribution < 1.29 is 9.18 Å². The van der Waals surface area contributed by atoms with Crippen LogP contribution in [-0.2, 0) is 13.5 Å². The van der Waals surface area contributed by atoms with Gasteiger partial charge in [0.1, 0.15) is 5.82 Å². The second-order valence-electron chi connectivity index (χ2n) is 3.67. The first-order valence-electron chi connectivity index (χ1n) is 5.03. The molecule has 1 aromatic carbocycles. The van der Waals surface area contributed by atoms with E-state index in [-0.39, 0.29) is 17.2 Å². The van der Waals surface area contributed by atoms with Crippen LogP contribution in [0.25, 0.3) is 0 Å². The summed E-state index contributed by atoms with van der Waals surface area (Å²) in [5.41, 5.74) is 0.472. The number of nitrogens with zero attached hydrogens (tertiary/aromatic N) is 2. The van der Waals surface area contributed by atoms with Crippen LogP contribution in [0.2, 0.25) is 5.02 Å². The van der Waals surface area contributed by atoms with Crippen molar-refractivity contribution in [3.05, 3.63) is 52.8 Å². The van der Waals surface area contributed by atoms with Gasteiger partial charge in [0.2, 0.25) is 5.78 Å². The van der Waals surface area contributed by atoms with Crippen LogP contribution in [0.4, 0.5) is 4.39 Å². The molecule has 0 aliphatic rings. The van der Waals surface area contributed by atoms with Crippen molar-refractivity contribution in [3.63, 3.8) is 0 Å². The summed E-state index contributed by atoms with van der Waals surface area (Å²) in [6, 6.07) is 4.42. The number of carbonyl (C=O) groups excluding carboxylic acids is 1. The lowest BCUT2D eigenvalue weighted by molar-refractivity contribution is 0.0980. The highest BCUT2D eigenvalue weighted by atomic mass is 35.5. The molecule has 0 amide bonds. The van der Waals surface area contributed by atoms with Gasteiger partial charge in [-0.25, -0.2) is 9.37 Å². The predicted molar refractivity (Wildman–Crippen MR) is 62.7 cm³/mol. The van der Waals surface area contributed by atoms with Gasteiger partial charge in [-0.3, -0.25) is 4.79 Å². The van der Waals surface area contributed by atoms with Crippen molar-refractivity contribution in [2.75, 3.05) is 0 Å². The van der Waals surface area contributed by atoms with Crippen LogP contribution in [0.15, 0.2) is 30.6 Å². The number of ketones is 1. The van der Waals surface area contributed by atoms with Crippen LogP contribution in [-0.4, -0.2) is 15.3 Å². The first-order valence-corrected chi connectivity index (χ1v) is 5.41. The van der Waals surface area contributed by atoms with E-state index in [1.165, 1.54) is 12.1 Å². The molecule has 0 fully saturated rings. The fraction of sp³-hybridized carbons (Fsp3) is 0.167. The minimum Gasteiger partial charge on any atom is -0.332 e. The normalized spacial score (nSPS) is 10.5. The maximum atomic E-state index is 13.2. The molecule has 17 heavy (non-hydrogen) atoms. The van der Waals surface area contributed by atoms with E-state index in [2.05, 4.69) is 4.98 Å². The number of halogens is 2. The molecule has 0 aliphatic carbocycles. The molecular formula is C12H10ClFN2O. The molecule has 5 heteroatoms. The number of aryl methyl sites for hydroxylation is 1. The number of hydrogen-bond acceptors (Lipinski definition) is 2. The Morgan fingerprint density at radius 3 is 2.94 bits per heavy atom. The van der Waals surface area contributed by atoms with Crippen molar-refractivity contribution in [1.29, 1.82) is 0 Å². The zero-order valence-electron chi connectivity index (χ0n) is 9.15. The Bertz CT molecular complexity index is 565. The van der Waals surface area contributed by atoms with Crippen LogP contribution in [0.5, 0.6) is 0 Å². The van der Waals surface area contributed by atoms with Crippen LogP contribution >= 0.6 is 11.6 Å². The van der Waals surface area contributed by atoms with E-state index in [0.717, 1.165) is 0 Å². The molecule has 0 radical (unpaired) electrons. The average molecular weight is 253 g/mol. The van der Waals surface area contributed by atoms with E-state index in [9.17, 15) is 9.18 Å². The molecule has 1 aromatic heterocycles. The van der Waals surface area contributed by atoms with Gasteiger partial charge in [0.15, 0.2) is 5.82 Å². The summed E-state index contributed by atoms with van der Waals surface area (Å²) in [5, 5.41) is -0.00457. The Hall–Kier alpha value is -1.68. The minimum absolute atomic E-state index is 0.00457. The summed E-state index contributed by atoms with van der Waals surface area (Å²) in [7, 11) is 1.73. The Labute approximate surface area is 103 Å². The Balaban J connectivity index is 2.25. The number of rotatable bonds is 3. The summed E-state index contributed by atoms with van der Waals surface area (Å²) in [4.78, 5) is 15.8. The van der Waals surface area contributed by atoms with Gasteiger partial charge < -0.3 is 4.57 Å². The molecule has 0 N–H and O–H groups in total. The van der Waals surface area contributed by atoms with Crippen molar-refractivity contribution in [2.45, 2.75) is 6.42 Å². The van der Waals surface area contributed by atoms with Gasteiger partial charge in [-0.2, -0.15) is 0 Å². The second-order valence-corrected chi connectivity index (χ2v) is 4.05. The van der Waals surface area contributed by atoms with Gasteiger partial charge in [0.25, 0.3) is 0 Å². The topological polar surface area (TPSA) is 34.9 Å². The Kier molecular flexibility index (Phi) is 3.24. The predicted octanol–water partition coefficient (Wildman–Crippen LogP) is 2.64. The van der Waals surface area contributed by atoms with Crippen molar-refractivity contribution in [1.82, 2.24) is 9.55 Å². The zero-order chi connectivity index (χ0) is 12.4. The molecule has 0 atom stereocenters. The van der Waals surface area contributed by atoms with E-state index in [1.807, 2.05) is 0 Å². The van der Waals surface area contributed by atoms with E-state index in [0.29, 0.717) is 11.4 Å². The number of carbonyl (C=O) groups is 1. The van der Waals surface area contributed by atoms with Gasteiger partial charge in [0, 0.05) is 25.9 Å². The Morgan fingerprint density at radius 1 is 1.53 bits per heavy atom. The van der Waals surface area contributed by atoms with Crippen LogP contribution in [0.3, 0.4) is 0 Å². The number of hydrogen-bond donors (Lipinski definition) is 0. The maximum Gasteiger partial charge on any atom is 0.202 e. The highest BCUT2D eigenvalue weighted by Gasteiger charge is 2.14. The smallest absolute Gasteiger partial charge is 0.202 e. The van der Waals surface area contributed by atoms with E-state index in [1.54, 1.807) is 30.1 Å². The van der Waals surface area contributed by atoms with Crippen LogP contribution in [0, 0.1) is 5.82 Å². The molecule has 0 saturated heterocycles. The number of Topliss-reactive ketones (excluding diaryl/α,β-unsaturated/α-hetero) is 1. The van der Waals surface area contributed by atoms with Gasteiger partial charge in [-0.1, -0.05) is 23.7 Å². The largest absolute Gasteiger partial charge is 0.332 e. The molecule has 2 aromatic rings. The van der Waals surface area contributed by atoms with Crippen LogP contribution in [0.1, 0.15) is 16.2 Å². The lowest BCUT2D eigenvalue weighted by Crippen LogP contribution is -2.10. The summed E-state index contributed by atoms with van der Waals surface area (Å²) < 4.78 is 14.8. The van der Waals surface area contributed by atoms with E-state index < -0.39 is 5.82 Å². The molecular weight excluding hydrogens is 243 g/mol. The molecule has 0 spiro atoms. The molecule has 2 rings (SSSR count).